The first-order valence-corrected chi connectivity index (χ1v) is 12.9. The largest absolute Gasteiger partial charge is 0.317 e. The zero-order chi connectivity index (χ0) is 26.2. The van der Waals surface area contributed by atoms with Crippen LogP contribution >= 0.6 is 0 Å². The van der Waals surface area contributed by atoms with Gasteiger partial charge in [-0.15, -0.1) is 0 Å². The Balaban J connectivity index is 1.59. The molecule has 0 aliphatic heterocycles. The fraction of sp³-hybridized carbons (Fsp3) is 0.0571. The molecular formula is C35H29N3. The smallest absolute Gasteiger partial charge is 0.0629 e. The molecule has 0 radical (unpaired) electrons. The Hall–Kier alpha value is -4.89. The van der Waals surface area contributed by atoms with Gasteiger partial charge in [-0.25, -0.2) is 0 Å². The minimum absolute atomic E-state index is 0.455. The van der Waals surface area contributed by atoms with Crippen molar-refractivity contribution >= 4 is 54.9 Å². The minimum Gasteiger partial charge on any atom is -0.317 e. The summed E-state index contributed by atoms with van der Waals surface area (Å²) in [5, 5.41) is 14.8. The minimum atomic E-state index is 0.455. The van der Waals surface area contributed by atoms with Crippen LogP contribution in [0.2, 0.25) is 0 Å². The lowest BCUT2D eigenvalue weighted by molar-refractivity contribution is 1.13. The SMILES string of the molecule is C=C/C=C(\C=C/C)C(=N)/C=C(\C)n1c2ccccc2c2cc3c(ccc4c3ccn4-c3ccccc3)cc21. The van der Waals surface area contributed by atoms with Gasteiger partial charge in [0, 0.05) is 33.7 Å². The van der Waals surface area contributed by atoms with E-state index in [9.17, 15) is 0 Å². The second-order valence-electron chi connectivity index (χ2n) is 9.52. The Labute approximate surface area is 222 Å². The maximum Gasteiger partial charge on any atom is 0.0629 e. The molecule has 3 heteroatoms. The Kier molecular flexibility index (Phi) is 5.89. The van der Waals surface area contributed by atoms with Crippen molar-refractivity contribution in [1.82, 2.24) is 9.13 Å². The van der Waals surface area contributed by atoms with Gasteiger partial charge in [0.15, 0.2) is 0 Å². The number of para-hydroxylation sites is 2. The van der Waals surface area contributed by atoms with Gasteiger partial charge in [0.2, 0.25) is 0 Å². The molecule has 184 valence electrons. The summed E-state index contributed by atoms with van der Waals surface area (Å²) >= 11 is 0. The van der Waals surface area contributed by atoms with Crippen molar-refractivity contribution in [2.75, 3.05) is 0 Å². The van der Waals surface area contributed by atoms with Crippen LogP contribution in [0.15, 0.2) is 134 Å². The first kappa shape index (κ1) is 23.5. The van der Waals surface area contributed by atoms with E-state index < -0.39 is 0 Å². The number of fused-ring (bicyclic) bond motifs is 6. The number of hydrogen-bond donors (Lipinski definition) is 1. The number of benzene rings is 4. The van der Waals surface area contributed by atoms with Gasteiger partial charge >= 0.3 is 0 Å². The molecule has 0 amide bonds. The molecule has 0 aliphatic carbocycles. The van der Waals surface area contributed by atoms with Crippen LogP contribution in [-0.2, 0) is 0 Å². The quantitative estimate of drug-likeness (QED) is 0.178. The van der Waals surface area contributed by atoms with E-state index in [0.29, 0.717) is 5.71 Å². The number of rotatable bonds is 6. The summed E-state index contributed by atoms with van der Waals surface area (Å²) < 4.78 is 4.53. The van der Waals surface area contributed by atoms with Gasteiger partial charge in [-0.2, -0.15) is 0 Å². The molecule has 1 N–H and O–H groups in total. The highest BCUT2D eigenvalue weighted by molar-refractivity contribution is 6.19. The van der Waals surface area contributed by atoms with E-state index in [0.717, 1.165) is 28.0 Å². The Morgan fingerprint density at radius 3 is 2.34 bits per heavy atom. The van der Waals surface area contributed by atoms with Crippen molar-refractivity contribution in [2.24, 2.45) is 0 Å². The molecule has 2 heterocycles. The van der Waals surface area contributed by atoms with Crippen LogP contribution in [0.1, 0.15) is 13.8 Å². The Morgan fingerprint density at radius 2 is 1.55 bits per heavy atom. The van der Waals surface area contributed by atoms with E-state index in [1.54, 1.807) is 6.08 Å². The van der Waals surface area contributed by atoms with Gasteiger partial charge in [-0.1, -0.05) is 73.3 Å². The number of hydrogen-bond acceptors (Lipinski definition) is 1. The Morgan fingerprint density at radius 1 is 0.789 bits per heavy atom. The molecule has 0 spiro atoms. The first-order valence-electron chi connectivity index (χ1n) is 12.9. The van der Waals surface area contributed by atoms with Crippen LogP contribution in [-0.4, -0.2) is 14.8 Å². The third kappa shape index (κ3) is 3.80. The molecule has 3 nitrogen and oxygen atoms in total. The molecule has 0 fully saturated rings. The molecule has 2 aromatic heterocycles. The van der Waals surface area contributed by atoms with Crippen LogP contribution in [0.3, 0.4) is 0 Å². The maximum atomic E-state index is 8.74. The Bertz CT molecular complexity index is 1960. The van der Waals surface area contributed by atoms with E-state index in [1.165, 1.54) is 32.4 Å². The van der Waals surface area contributed by atoms with E-state index in [2.05, 4.69) is 108 Å². The zero-order valence-electron chi connectivity index (χ0n) is 21.6. The third-order valence-corrected chi connectivity index (χ3v) is 7.18. The van der Waals surface area contributed by atoms with Gasteiger partial charge in [0.1, 0.15) is 0 Å². The molecule has 0 saturated heterocycles. The standard InChI is InChI=1S/C35H29N3/c1-4-11-25(12-5-2)32(36)21-24(3)38-34-16-10-9-15-28(34)31-23-30-26(22-35(31)38)17-18-33-29(30)19-20-37(33)27-13-7-6-8-14-27/h4-23,36H,1H2,2-3H3/b12-5-,24-21+,25-11+,36-32?. The first-order chi connectivity index (χ1) is 18.6. The normalized spacial score (nSPS) is 12.9. The van der Waals surface area contributed by atoms with E-state index >= 15 is 0 Å². The molecule has 38 heavy (non-hydrogen) atoms. The highest BCUT2D eigenvalue weighted by Crippen LogP contribution is 2.37. The molecule has 0 bridgehead atoms. The lowest BCUT2D eigenvalue weighted by Gasteiger charge is -2.10. The molecule has 6 rings (SSSR count). The van der Waals surface area contributed by atoms with Gasteiger partial charge in [0.25, 0.3) is 0 Å². The van der Waals surface area contributed by atoms with Crippen LogP contribution < -0.4 is 0 Å². The topological polar surface area (TPSA) is 33.7 Å². The maximum absolute atomic E-state index is 8.74. The third-order valence-electron chi connectivity index (χ3n) is 7.18. The summed E-state index contributed by atoms with van der Waals surface area (Å²) in [6.07, 6.45) is 11.6. The van der Waals surface area contributed by atoms with Crippen molar-refractivity contribution in [1.29, 1.82) is 5.41 Å². The van der Waals surface area contributed by atoms with Gasteiger partial charge in [-0.05, 0) is 78.7 Å². The van der Waals surface area contributed by atoms with Crippen molar-refractivity contribution in [3.05, 3.63) is 134 Å². The monoisotopic (exact) mass is 491 g/mol. The van der Waals surface area contributed by atoms with Gasteiger partial charge < -0.3 is 14.5 Å². The zero-order valence-corrected chi connectivity index (χ0v) is 21.6. The molecule has 0 atom stereocenters. The lowest BCUT2D eigenvalue weighted by atomic mass is 10.0. The lowest BCUT2D eigenvalue weighted by Crippen LogP contribution is -2.00. The summed E-state index contributed by atoms with van der Waals surface area (Å²) in [5.74, 6) is 0. The molecule has 0 saturated carbocycles. The van der Waals surface area contributed by atoms with Crippen molar-refractivity contribution in [3.63, 3.8) is 0 Å². The van der Waals surface area contributed by atoms with Crippen molar-refractivity contribution < 1.29 is 0 Å². The number of nitrogens with zero attached hydrogens (tertiary/aromatic N) is 2. The number of nitrogens with one attached hydrogen (secondary N) is 1. The van der Waals surface area contributed by atoms with E-state index in [1.807, 2.05) is 37.3 Å². The molecular weight excluding hydrogens is 462 g/mol. The predicted molar refractivity (Wildman–Crippen MR) is 165 cm³/mol. The average Bonchev–Trinajstić information content (AvgIpc) is 3.51. The summed E-state index contributed by atoms with van der Waals surface area (Å²) in [7, 11) is 0. The fourth-order valence-electron chi connectivity index (χ4n) is 5.51. The molecule has 4 aromatic carbocycles. The van der Waals surface area contributed by atoms with Gasteiger partial charge in [0.05, 0.1) is 22.3 Å². The highest BCUT2D eigenvalue weighted by Gasteiger charge is 2.15. The summed E-state index contributed by atoms with van der Waals surface area (Å²) in [5.41, 5.74) is 6.92. The predicted octanol–water partition coefficient (Wildman–Crippen LogP) is 9.46. The van der Waals surface area contributed by atoms with E-state index in [-0.39, 0.29) is 0 Å². The van der Waals surface area contributed by atoms with Crippen LogP contribution in [0.4, 0.5) is 0 Å². The second kappa shape index (κ2) is 9.53. The van der Waals surface area contributed by atoms with Crippen LogP contribution in [0.25, 0.3) is 54.9 Å². The number of aromatic nitrogens is 2. The number of allylic oxidation sites excluding steroid dienone is 7. The van der Waals surface area contributed by atoms with Crippen LogP contribution in [0, 0.1) is 5.41 Å². The van der Waals surface area contributed by atoms with Crippen molar-refractivity contribution in [3.8, 4) is 5.69 Å². The molecule has 0 aliphatic rings. The summed E-state index contributed by atoms with van der Waals surface area (Å²) in [4.78, 5) is 0. The van der Waals surface area contributed by atoms with Crippen LogP contribution in [0.5, 0.6) is 0 Å². The average molecular weight is 492 g/mol. The molecule has 0 unspecified atom stereocenters. The molecule has 6 aromatic rings. The summed E-state index contributed by atoms with van der Waals surface area (Å²) in [6.45, 7) is 7.85. The second-order valence-corrected chi connectivity index (χ2v) is 9.52. The van der Waals surface area contributed by atoms with Crippen molar-refractivity contribution in [2.45, 2.75) is 13.8 Å². The fourth-order valence-corrected chi connectivity index (χ4v) is 5.51. The van der Waals surface area contributed by atoms with E-state index in [4.69, 9.17) is 5.41 Å². The summed E-state index contributed by atoms with van der Waals surface area (Å²) in [6, 6.07) is 30.3. The van der Waals surface area contributed by atoms with Gasteiger partial charge in [-0.3, -0.25) is 0 Å². The highest BCUT2D eigenvalue weighted by atomic mass is 15.0.